The first-order valence-corrected chi connectivity index (χ1v) is 6.95. The first-order valence-electron chi connectivity index (χ1n) is 6.95. The predicted molar refractivity (Wildman–Crippen MR) is 77.2 cm³/mol. The zero-order valence-electron chi connectivity index (χ0n) is 12.2. The van der Waals surface area contributed by atoms with E-state index in [0.29, 0.717) is 18.5 Å². The summed E-state index contributed by atoms with van der Waals surface area (Å²) >= 11 is 0. The van der Waals surface area contributed by atoms with Gasteiger partial charge in [0.1, 0.15) is 0 Å². The van der Waals surface area contributed by atoms with Crippen molar-refractivity contribution in [3.05, 3.63) is 35.4 Å². The molecule has 1 saturated heterocycles. The molecule has 20 heavy (non-hydrogen) atoms. The zero-order chi connectivity index (χ0) is 14.9. The van der Waals surface area contributed by atoms with Crippen LogP contribution in [0.5, 0.6) is 0 Å². The van der Waals surface area contributed by atoms with Crippen molar-refractivity contribution in [1.82, 2.24) is 4.90 Å². The second-order valence-corrected chi connectivity index (χ2v) is 6.33. The smallest absolute Gasteiger partial charge is 0.407 e. The molecule has 0 radical (unpaired) electrons. The lowest BCUT2D eigenvalue weighted by molar-refractivity contribution is 0.0845. The lowest BCUT2D eigenvalue weighted by Crippen LogP contribution is -2.39. The number of benzene rings is 1. The van der Waals surface area contributed by atoms with Gasteiger partial charge >= 0.3 is 6.09 Å². The van der Waals surface area contributed by atoms with E-state index >= 15 is 0 Å². The molecule has 1 aliphatic rings. The molecule has 1 heterocycles. The van der Waals surface area contributed by atoms with Gasteiger partial charge in [-0.2, -0.15) is 0 Å². The van der Waals surface area contributed by atoms with Crippen molar-refractivity contribution in [2.75, 3.05) is 6.54 Å². The second kappa shape index (κ2) is 5.27. The van der Waals surface area contributed by atoms with Crippen molar-refractivity contribution in [2.45, 2.75) is 45.1 Å². The van der Waals surface area contributed by atoms with Crippen molar-refractivity contribution in [3.63, 3.8) is 0 Å². The van der Waals surface area contributed by atoms with E-state index < -0.39 is 12.1 Å². The minimum atomic E-state index is -1.01. The molecule has 0 spiro atoms. The van der Waals surface area contributed by atoms with E-state index in [2.05, 4.69) is 20.8 Å². The summed E-state index contributed by atoms with van der Waals surface area (Å²) in [5.74, 6) is -0.0923. The monoisotopic (exact) mass is 275 g/mol. The van der Waals surface area contributed by atoms with E-state index in [1.165, 1.54) is 4.90 Å². The molecule has 108 valence electrons. The fraction of sp³-hybridized carbons (Fsp3) is 0.500. The van der Waals surface area contributed by atoms with E-state index in [0.717, 1.165) is 12.0 Å². The maximum atomic E-state index is 12.4. The number of carboxylic acid groups (broad SMARTS) is 1. The molecule has 0 bridgehead atoms. The summed E-state index contributed by atoms with van der Waals surface area (Å²) < 4.78 is 0. The Morgan fingerprint density at radius 2 is 1.80 bits per heavy atom. The van der Waals surface area contributed by atoms with Gasteiger partial charge in [0.25, 0.3) is 0 Å². The van der Waals surface area contributed by atoms with Crippen LogP contribution in [0.2, 0.25) is 0 Å². The van der Waals surface area contributed by atoms with Gasteiger partial charge in [-0.3, -0.25) is 9.69 Å². The number of hydrogen-bond donors (Lipinski definition) is 1. The van der Waals surface area contributed by atoms with E-state index in [4.69, 9.17) is 5.11 Å². The van der Waals surface area contributed by atoms with Crippen LogP contribution in [-0.2, 0) is 5.41 Å². The Morgan fingerprint density at radius 3 is 2.30 bits per heavy atom. The molecule has 0 saturated carbocycles. The summed E-state index contributed by atoms with van der Waals surface area (Å²) in [6.45, 7) is 6.80. The third-order valence-corrected chi connectivity index (χ3v) is 3.84. The van der Waals surface area contributed by atoms with E-state index in [1.54, 1.807) is 12.1 Å². The number of rotatable bonds is 2. The summed E-state index contributed by atoms with van der Waals surface area (Å²) in [5.41, 5.74) is 1.80. The average Bonchev–Trinajstić information content (AvgIpc) is 2.86. The second-order valence-electron chi connectivity index (χ2n) is 6.33. The average molecular weight is 275 g/mol. The van der Waals surface area contributed by atoms with Crippen LogP contribution in [0.1, 0.15) is 49.5 Å². The number of carbonyl (C=O) groups excluding carboxylic acids is 1. The molecule has 0 unspecified atom stereocenters. The highest BCUT2D eigenvalue weighted by molar-refractivity contribution is 6.01. The van der Waals surface area contributed by atoms with Gasteiger partial charge in [0, 0.05) is 12.1 Å². The predicted octanol–water partition coefficient (Wildman–Crippen LogP) is 3.31. The molecule has 4 nitrogen and oxygen atoms in total. The first kappa shape index (κ1) is 14.6. The molecule has 0 aromatic heterocycles. The standard InChI is InChI=1S/C16H21NO3/c1-16(2,3)12-8-6-11(7-9-12)14(18)13-5-4-10-17(13)15(19)20/h6-9,13H,4-5,10H2,1-3H3,(H,19,20)/t13-/m1/s1. The first-order chi connectivity index (χ1) is 9.30. The maximum absolute atomic E-state index is 12.4. The normalized spacial score (nSPS) is 19.1. The number of nitrogens with zero attached hydrogens (tertiary/aromatic N) is 1. The molecular weight excluding hydrogens is 254 g/mol. The van der Waals surface area contributed by atoms with E-state index in [9.17, 15) is 9.59 Å². The molecule has 2 rings (SSSR count). The Kier molecular flexibility index (Phi) is 3.84. The molecule has 1 aromatic carbocycles. The van der Waals surface area contributed by atoms with Crippen molar-refractivity contribution in [2.24, 2.45) is 0 Å². The van der Waals surface area contributed by atoms with Crippen LogP contribution in [0.15, 0.2) is 24.3 Å². The van der Waals surface area contributed by atoms with Gasteiger partial charge < -0.3 is 5.11 Å². The van der Waals surface area contributed by atoms with Crippen LogP contribution in [0.4, 0.5) is 4.79 Å². The molecule has 1 aromatic rings. The molecule has 1 N–H and O–H groups in total. The van der Waals surface area contributed by atoms with Gasteiger partial charge in [-0.1, -0.05) is 45.0 Å². The Hall–Kier alpha value is -1.84. The summed E-state index contributed by atoms with van der Waals surface area (Å²) in [6.07, 6.45) is 0.363. The third-order valence-electron chi connectivity index (χ3n) is 3.84. The summed E-state index contributed by atoms with van der Waals surface area (Å²) in [4.78, 5) is 24.8. The van der Waals surface area contributed by atoms with Crippen molar-refractivity contribution < 1.29 is 14.7 Å². The van der Waals surface area contributed by atoms with Gasteiger partial charge in [0.15, 0.2) is 5.78 Å². The largest absolute Gasteiger partial charge is 0.465 e. The van der Waals surface area contributed by atoms with Crippen LogP contribution in [-0.4, -0.2) is 34.5 Å². The van der Waals surface area contributed by atoms with Gasteiger partial charge in [0.2, 0.25) is 0 Å². The SMILES string of the molecule is CC(C)(C)c1ccc(C(=O)[C@H]2CCCN2C(=O)O)cc1. The highest BCUT2D eigenvalue weighted by atomic mass is 16.4. The summed E-state index contributed by atoms with van der Waals surface area (Å²) in [6, 6.07) is 7.00. The fourth-order valence-electron chi connectivity index (χ4n) is 2.60. The molecule has 1 atom stereocenters. The number of ketones is 1. The number of likely N-dealkylation sites (tertiary alicyclic amines) is 1. The number of hydrogen-bond acceptors (Lipinski definition) is 2. The van der Waals surface area contributed by atoms with Gasteiger partial charge in [-0.05, 0) is 23.8 Å². The molecule has 1 fully saturated rings. The Labute approximate surface area is 119 Å². The molecule has 0 aliphatic carbocycles. The van der Waals surface area contributed by atoms with Gasteiger partial charge in [-0.15, -0.1) is 0 Å². The Balaban J connectivity index is 2.19. The molecule has 4 heteroatoms. The number of Topliss-reactive ketones (excluding diaryl/α,β-unsaturated/α-hetero) is 1. The number of amides is 1. The Bertz CT molecular complexity index is 514. The lowest BCUT2D eigenvalue weighted by Gasteiger charge is -2.22. The van der Waals surface area contributed by atoms with E-state index in [-0.39, 0.29) is 11.2 Å². The van der Waals surface area contributed by atoms with Crippen LogP contribution < -0.4 is 0 Å². The molecular formula is C16H21NO3. The Morgan fingerprint density at radius 1 is 1.20 bits per heavy atom. The van der Waals surface area contributed by atoms with Crippen LogP contribution in [0, 0.1) is 0 Å². The van der Waals surface area contributed by atoms with Crippen LogP contribution in [0.25, 0.3) is 0 Å². The quantitative estimate of drug-likeness (QED) is 0.842. The molecule has 1 aliphatic heterocycles. The highest BCUT2D eigenvalue weighted by Crippen LogP contribution is 2.25. The number of carbonyl (C=O) groups is 2. The van der Waals surface area contributed by atoms with Gasteiger partial charge in [-0.25, -0.2) is 4.79 Å². The highest BCUT2D eigenvalue weighted by Gasteiger charge is 2.34. The van der Waals surface area contributed by atoms with Crippen LogP contribution >= 0.6 is 0 Å². The fourth-order valence-corrected chi connectivity index (χ4v) is 2.60. The zero-order valence-corrected chi connectivity index (χ0v) is 12.2. The van der Waals surface area contributed by atoms with Crippen molar-refractivity contribution >= 4 is 11.9 Å². The third kappa shape index (κ3) is 2.84. The van der Waals surface area contributed by atoms with Gasteiger partial charge in [0.05, 0.1) is 6.04 Å². The van der Waals surface area contributed by atoms with E-state index in [1.807, 2.05) is 12.1 Å². The summed E-state index contributed by atoms with van der Waals surface area (Å²) in [5, 5.41) is 9.10. The topological polar surface area (TPSA) is 57.6 Å². The van der Waals surface area contributed by atoms with Crippen LogP contribution in [0.3, 0.4) is 0 Å². The minimum Gasteiger partial charge on any atom is -0.465 e. The van der Waals surface area contributed by atoms with Crippen molar-refractivity contribution in [3.8, 4) is 0 Å². The maximum Gasteiger partial charge on any atom is 0.407 e. The lowest BCUT2D eigenvalue weighted by atomic mass is 9.86. The molecule has 1 amide bonds. The summed E-state index contributed by atoms with van der Waals surface area (Å²) in [7, 11) is 0. The van der Waals surface area contributed by atoms with Crippen molar-refractivity contribution in [1.29, 1.82) is 0 Å². The minimum absolute atomic E-state index is 0.0437.